The third-order valence-corrected chi connectivity index (χ3v) is 5.39. The standard InChI is InChI=1S/C23H30N2O4S/c1-22(2,3)29-21(26)25-18(16-28-23(25,4)5)19(11-12-20-24-13-14-30-20)27-15-17-9-7-6-8-10-17/h6-14,18-19H,15-16H2,1-5H3/b12-11+/t18-,19-/m1/s1. The molecule has 0 spiro atoms. The molecule has 0 aliphatic carbocycles. The van der Waals surface area contributed by atoms with Crippen LogP contribution in [0.25, 0.3) is 6.08 Å². The fourth-order valence-electron chi connectivity index (χ4n) is 3.30. The highest BCUT2D eigenvalue weighted by Gasteiger charge is 2.48. The molecule has 2 heterocycles. The maximum absolute atomic E-state index is 13.0. The predicted molar refractivity (Wildman–Crippen MR) is 118 cm³/mol. The minimum Gasteiger partial charge on any atom is -0.444 e. The van der Waals surface area contributed by atoms with E-state index in [-0.39, 0.29) is 12.1 Å². The lowest BCUT2D eigenvalue weighted by atomic mass is 10.1. The minimum atomic E-state index is -0.795. The fourth-order valence-corrected chi connectivity index (χ4v) is 3.84. The number of benzene rings is 1. The van der Waals surface area contributed by atoms with Crippen molar-refractivity contribution in [1.82, 2.24) is 9.88 Å². The molecule has 0 radical (unpaired) electrons. The lowest BCUT2D eigenvalue weighted by Gasteiger charge is -2.37. The molecule has 162 valence electrons. The lowest BCUT2D eigenvalue weighted by Crippen LogP contribution is -2.53. The first kappa shape index (κ1) is 22.5. The van der Waals surface area contributed by atoms with Crippen LogP contribution in [0.1, 0.15) is 45.2 Å². The summed E-state index contributed by atoms with van der Waals surface area (Å²) in [5.41, 5.74) is -0.333. The van der Waals surface area contributed by atoms with Gasteiger partial charge in [-0.05, 0) is 46.3 Å². The SMILES string of the molecule is CC(C)(C)OC(=O)N1[C@@H]([C@@H](/C=C/c2nccs2)OCc2ccccc2)COC1(C)C. The van der Waals surface area contributed by atoms with E-state index in [0.29, 0.717) is 13.2 Å². The summed E-state index contributed by atoms with van der Waals surface area (Å²) >= 11 is 1.55. The first-order chi connectivity index (χ1) is 14.2. The van der Waals surface area contributed by atoms with E-state index in [9.17, 15) is 4.79 Å². The van der Waals surface area contributed by atoms with Crippen molar-refractivity contribution in [1.29, 1.82) is 0 Å². The van der Waals surface area contributed by atoms with Gasteiger partial charge in [0.1, 0.15) is 16.3 Å². The van der Waals surface area contributed by atoms with Crippen molar-refractivity contribution in [2.24, 2.45) is 0 Å². The summed E-state index contributed by atoms with van der Waals surface area (Å²) in [6.07, 6.45) is 4.85. The maximum atomic E-state index is 13.0. The average Bonchev–Trinajstić information content (AvgIpc) is 3.28. The zero-order valence-corrected chi connectivity index (χ0v) is 19.0. The van der Waals surface area contributed by atoms with Crippen molar-refractivity contribution in [3.05, 3.63) is 58.6 Å². The van der Waals surface area contributed by atoms with E-state index in [1.165, 1.54) is 0 Å². The number of aromatic nitrogens is 1. The Bertz CT molecular complexity index is 844. The minimum absolute atomic E-state index is 0.324. The Kier molecular flexibility index (Phi) is 6.95. The monoisotopic (exact) mass is 430 g/mol. The molecule has 0 unspecified atom stereocenters. The van der Waals surface area contributed by atoms with Crippen molar-refractivity contribution in [2.45, 2.75) is 64.7 Å². The van der Waals surface area contributed by atoms with Crippen LogP contribution in [-0.4, -0.2) is 46.1 Å². The number of carbonyl (C=O) groups is 1. The zero-order valence-electron chi connectivity index (χ0n) is 18.2. The van der Waals surface area contributed by atoms with E-state index < -0.39 is 17.4 Å². The molecule has 3 rings (SSSR count). The van der Waals surface area contributed by atoms with Crippen LogP contribution in [0.2, 0.25) is 0 Å². The van der Waals surface area contributed by atoms with Crippen LogP contribution < -0.4 is 0 Å². The first-order valence-electron chi connectivity index (χ1n) is 10.1. The summed E-state index contributed by atoms with van der Waals surface area (Å²) in [5.74, 6) is 0. The number of amides is 1. The summed E-state index contributed by atoms with van der Waals surface area (Å²) in [5, 5.41) is 2.80. The van der Waals surface area contributed by atoms with Gasteiger partial charge in [0.15, 0.2) is 0 Å². The summed E-state index contributed by atoms with van der Waals surface area (Å²) < 4.78 is 17.9. The Morgan fingerprint density at radius 2 is 2.10 bits per heavy atom. The number of hydrogen-bond donors (Lipinski definition) is 0. The van der Waals surface area contributed by atoms with Crippen molar-refractivity contribution < 1.29 is 19.0 Å². The van der Waals surface area contributed by atoms with Gasteiger partial charge in [-0.1, -0.05) is 36.4 Å². The molecule has 0 N–H and O–H groups in total. The molecule has 30 heavy (non-hydrogen) atoms. The van der Waals surface area contributed by atoms with Gasteiger partial charge in [-0.3, -0.25) is 4.90 Å². The molecule has 0 saturated carbocycles. The molecule has 1 fully saturated rings. The topological polar surface area (TPSA) is 60.9 Å². The summed E-state index contributed by atoms with van der Waals surface area (Å²) in [6, 6.07) is 9.64. The van der Waals surface area contributed by atoms with Crippen molar-refractivity contribution in [3.63, 3.8) is 0 Å². The van der Waals surface area contributed by atoms with E-state index in [1.807, 2.05) is 82.5 Å². The highest BCUT2D eigenvalue weighted by atomic mass is 32.1. The molecule has 1 aliphatic heterocycles. The van der Waals surface area contributed by atoms with Gasteiger partial charge in [0.2, 0.25) is 0 Å². The second-order valence-electron chi connectivity index (χ2n) is 8.67. The molecule has 7 heteroatoms. The van der Waals surface area contributed by atoms with E-state index >= 15 is 0 Å². The second-order valence-corrected chi connectivity index (χ2v) is 9.59. The molecular weight excluding hydrogens is 400 g/mol. The van der Waals surface area contributed by atoms with Crippen LogP contribution in [0.4, 0.5) is 4.79 Å². The molecule has 1 aromatic carbocycles. The predicted octanol–water partition coefficient (Wildman–Crippen LogP) is 5.11. The lowest BCUT2D eigenvalue weighted by molar-refractivity contribution is -0.0697. The second kappa shape index (κ2) is 9.29. The molecule has 2 atom stereocenters. The van der Waals surface area contributed by atoms with Crippen molar-refractivity contribution in [3.8, 4) is 0 Å². The molecule has 6 nitrogen and oxygen atoms in total. The van der Waals surface area contributed by atoms with Crippen LogP contribution in [0, 0.1) is 0 Å². The molecule has 1 aliphatic rings. The Morgan fingerprint density at radius 1 is 1.37 bits per heavy atom. The van der Waals surface area contributed by atoms with E-state index in [2.05, 4.69) is 4.98 Å². The van der Waals surface area contributed by atoms with Crippen LogP contribution in [0.3, 0.4) is 0 Å². The summed E-state index contributed by atoms with van der Waals surface area (Å²) in [4.78, 5) is 19.0. The Labute approximate surface area is 182 Å². The van der Waals surface area contributed by atoms with Gasteiger partial charge in [-0.25, -0.2) is 9.78 Å². The Morgan fingerprint density at radius 3 is 2.73 bits per heavy atom. The average molecular weight is 431 g/mol. The molecule has 2 aromatic rings. The molecule has 1 amide bonds. The van der Waals surface area contributed by atoms with Crippen molar-refractivity contribution in [2.75, 3.05) is 6.61 Å². The van der Waals surface area contributed by atoms with Crippen LogP contribution in [0.15, 0.2) is 48.0 Å². The van der Waals surface area contributed by atoms with Crippen LogP contribution >= 0.6 is 11.3 Å². The maximum Gasteiger partial charge on any atom is 0.413 e. The van der Waals surface area contributed by atoms with Gasteiger partial charge >= 0.3 is 6.09 Å². The third kappa shape index (κ3) is 5.90. The summed E-state index contributed by atoms with van der Waals surface area (Å²) in [7, 11) is 0. The summed E-state index contributed by atoms with van der Waals surface area (Å²) in [6.45, 7) is 10.1. The van der Waals surface area contributed by atoms with Crippen LogP contribution in [0.5, 0.6) is 0 Å². The highest BCUT2D eigenvalue weighted by molar-refractivity contribution is 7.10. The van der Waals surface area contributed by atoms with Gasteiger partial charge in [-0.2, -0.15) is 0 Å². The first-order valence-corrected chi connectivity index (χ1v) is 10.9. The third-order valence-electron chi connectivity index (χ3n) is 4.65. The quantitative estimate of drug-likeness (QED) is 0.637. The van der Waals surface area contributed by atoms with Gasteiger partial charge in [0.25, 0.3) is 0 Å². The molecule has 1 saturated heterocycles. The van der Waals surface area contributed by atoms with E-state index in [4.69, 9.17) is 14.2 Å². The number of rotatable bonds is 6. The van der Waals surface area contributed by atoms with Gasteiger partial charge < -0.3 is 14.2 Å². The van der Waals surface area contributed by atoms with Gasteiger partial charge in [-0.15, -0.1) is 11.3 Å². The molecular formula is C23H30N2O4S. The van der Waals surface area contributed by atoms with Crippen LogP contribution in [-0.2, 0) is 20.8 Å². The van der Waals surface area contributed by atoms with E-state index in [0.717, 1.165) is 10.6 Å². The van der Waals surface area contributed by atoms with Gasteiger partial charge in [0.05, 0.1) is 25.4 Å². The molecule has 1 aromatic heterocycles. The largest absolute Gasteiger partial charge is 0.444 e. The number of nitrogens with zero attached hydrogens (tertiary/aromatic N) is 2. The fraction of sp³-hybridized carbons (Fsp3) is 0.478. The highest BCUT2D eigenvalue weighted by Crippen LogP contribution is 2.32. The number of carbonyl (C=O) groups excluding carboxylic acids is 1. The molecule has 0 bridgehead atoms. The van der Waals surface area contributed by atoms with E-state index in [1.54, 1.807) is 22.4 Å². The Hall–Kier alpha value is -2.22. The number of hydrogen-bond acceptors (Lipinski definition) is 6. The number of ether oxygens (including phenoxy) is 3. The Balaban J connectivity index is 1.84. The van der Waals surface area contributed by atoms with Crippen molar-refractivity contribution >= 4 is 23.5 Å². The smallest absolute Gasteiger partial charge is 0.413 e. The normalized spacial score (nSPS) is 19.9. The van der Waals surface area contributed by atoms with Gasteiger partial charge in [0, 0.05) is 11.6 Å². The number of thiazole rings is 1. The zero-order chi connectivity index (χ0) is 21.8.